The van der Waals surface area contributed by atoms with E-state index in [1.807, 2.05) is 12.2 Å². The van der Waals surface area contributed by atoms with Crippen molar-refractivity contribution >= 4 is 6.21 Å². The lowest BCUT2D eigenvalue weighted by Gasteiger charge is -2.51. The Labute approximate surface area is 134 Å². The SMILES string of the molecule is CCC1(C)C(CC2C=NC(C)N2C)=CN1CC=CC=COC. The van der Waals surface area contributed by atoms with Crippen molar-refractivity contribution in [3.63, 3.8) is 0 Å². The van der Waals surface area contributed by atoms with Gasteiger partial charge >= 0.3 is 0 Å². The van der Waals surface area contributed by atoms with E-state index >= 15 is 0 Å². The summed E-state index contributed by atoms with van der Waals surface area (Å²) in [5.41, 5.74) is 1.71. The first-order valence-corrected chi connectivity index (χ1v) is 8.10. The van der Waals surface area contributed by atoms with Crippen molar-refractivity contribution < 1.29 is 4.74 Å². The molecular weight excluding hydrogens is 274 g/mol. The summed E-state index contributed by atoms with van der Waals surface area (Å²) < 4.78 is 4.89. The van der Waals surface area contributed by atoms with Crippen molar-refractivity contribution in [3.05, 3.63) is 36.3 Å². The van der Waals surface area contributed by atoms with Crippen molar-refractivity contribution in [1.82, 2.24) is 9.80 Å². The average Bonchev–Trinajstić information content (AvgIpc) is 2.83. The number of aliphatic imine (C=N–C) groups is 1. The molecule has 0 fully saturated rings. The Morgan fingerprint density at radius 1 is 1.41 bits per heavy atom. The zero-order valence-electron chi connectivity index (χ0n) is 14.5. The summed E-state index contributed by atoms with van der Waals surface area (Å²) in [6.45, 7) is 7.70. The molecule has 4 heteroatoms. The maximum absolute atomic E-state index is 4.89. The maximum atomic E-state index is 4.89. The summed E-state index contributed by atoms with van der Waals surface area (Å²) in [7, 11) is 3.82. The highest BCUT2D eigenvalue weighted by molar-refractivity contribution is 5.67. The van der Waals surface area contributed by atoms with Gasteiger partial charge in [0.1, 0.15) is 0 Å². The van der Waals surface area contributed by atoms with Gasteiger partial charge in [0.2, 0.25) is 0 Å². The molecule has 2 aliphatic heterocycles. The molecule has 0 amide bonds. The predicted molar refractivity (Wildman–Crippen MR) is 92.9 cm³/mol. The zero-order chi connectivity index (χ0) is 16.2. The Morgan fingerprint density at radius 2 is 2.18 bits per heavy atom. The summed E-state index contributed by atoms with van der Waals surface area (Å²) in [5.74, 6) is 0. The molecule has 4 nitrogen and oxygen atoms in total. The second-order valence-corrected chi connectivity index (χ2v) is 6.29. The van der Waals surface area contributed by atoms with Crippen molar-refractivity contribution in [1.29, 1.82) is 0 Å². The van der Waals surface area contributed by atoms with Gasteiger partial charge in [0, 0.05) is 19.0 Å². The van der Waals surface area contributed by atoms with Crippen LogP contribution in [0.4, 0.5) is 0 Å². The number of allylic oxidation sites excluding steroid dienone is 2. The third kappa shape index (κ3) is 3.27. The van der Waals surface area contributed by atoms with Crippen LogP contribution in [0.15, 0.2) is 41.3 Å². The topological polar surface area (TPSA) is 28.1 Å². The fourth-order valence-electron chi connectivity index (χ4n) is 3.06. The van der Waals surface area contributed by atoms with E-state index in [9.17, 15) is 0 Å². The summed E-state index contributed by atoms with van der Waals surface area (Å²) >= 11 is 0. The van der Waals surface area contributed by atoms with Crippen LogP contribution in [0, 0.1) is 0 Å². The minimum Gasteiger partial charge on any atom is -0.504 e. The van der Waals surface area contributed by atoms with E-state index in [-0.39, 0.29) is 5.54 Å². The van der Waals surface area contributed by atoms with E-state index in [4.69, 9.17) is 4.74 Å². The monoisotopic (exact) mass is 303 g/mol. The largest absolute Gasteiger partial charge is 0.504 e. The highest BCUT2D eigenvalue weighted by Crippen LogP contribution is 2.40. The summed E-state index contributed by atoms with van der Waals surface area (Å²) in [5, 5.41) is 0. The van der Waals surface area contributed by atoms with Gasteiger partial charge < -0.3 is 9.64 Å². The number of hydrogen-bond acceptors (Lipinski definition) is 4. The molecule has 0 radical (unpaired) electrons. The Hall–Kier alpha value is -1.55. The third-order valence-corrected chi connectivity index (χ3v) is 5.11. The van der Waals surface area contributed by atoms with Gasteiger partial charge in [-0.3, -0.25) is 9.89 Å². The van der Waals surface area contributed by atoms with Crippen LogP contribution in [-0.2, 0) is 4.74 Å². The molecule has 0 saturated heterocycles. The quantitative estimate of drug-likeness (QED) is 0.534. The van der Waals surface area contributed by atoms with Crippen molar-refractivity contribution in [2.24, 2.45) is 4.99 Å². The first kappa shape index (κ1) is 16.8. The van der Waals surface area contributed by atoms with E-state index < -0.39 is 0 Å². The van der Waals surface area contributed by atoms with E-state index in [1.54, 1.807) is 13.4 Å². The molecule has 0 N–H and O–H groups in total. The first-order chi connectivity index (χ1) is 10.5. The van der Waals surface area contributed by atoms with Crippen LogP contribution in [0.5, 0.6) is 0 Å². The second kappa shape index (κ2) is 7.14. The van der Waals surface area contributed by atoms with Gasteiger partial charge in [-0.15, -0.1) is 0 Å². The fourth-order valence-corrected chi connectivity index (χ4v) is 3.06. The fraction of sp³-hybridized carbons (Fsp3) is 0.611. The van der Waals surface area contributed by atoms with Crippen LogP contribution in [0.1, 0.15) is 33.6 Å². The molecule has 122 valence electrons. The number of nitrogens with zero attached hydrogens (tertiary/aromatic N) is 3. The average molecular weight is 303 g/mol. The molecule has 2 rings (SSSR count). The Kier molecular flexibility index (Phi) is 5.46. The molecule has 2 heterocycles. The maximum Gasteiger partial charge on any atom is 0.0990 e. The normalized spacial score (nSPS) is 32.0. The number of ether oxygens (including phenoxy) is 1. The second-order valence-electron chi connectivity index (χ2n) is 6.29. The molecule has 3 unspecified atom stereocenters. The molecule has 0 spiro atoms. The highest BCUT2D eigenvalue weighted by Gasteiger charge is 2.41. The first-order valence-electron chi connectivity index (χ1n) is 8.10. The third-order valence-electron chi connectivity index (χ3n) is 5.11. The van der Waals surface area contributed by atoms with Gasteiger partial charge in [0.15, 0.2) is 0 Å². The summed E-state index contributed by atoms with van der Waals surface area (Å²) in [6, 6.07) is 0.439. The Bertz CT molecular complexity index is 495. The van der Waals surface area contributed by atoms with Gasteiger partial charge in [-0.05, 0) is 45.4 Å². The van der Waals surface area contributed by atoms with Crippen molar-refractivity contribution in [2.75, 3.05) is 20.7 Å². The Morgan fingerprint density at radius 3 is 2.77 bits per heavy atom. The van der Waals surface area contributed by atoms with Crippen LogP contribution in [0.3, 0.4) is 0 Å². The minimum atomic E-state index is 0.176. The van der Waals surface area contributed by atoms with Crippen LogP contribution in [-0.4, -0.2) is 54.5 Å². The molecule has 0 bridgehead atoms. The standard InChI is InChI=1S/C18H29N3O/c1-6-18(3)16(12-17-13-19-15(2)20(17)4)14-21(18)10-8-7-9-11-22-5/h7-9,11,13-15,17H,6,10,12H2,1-5H3. The van der Waals surface area contributed by atoms with Gasteiger partial charge in [-0.2, -0.15) is 0 Å². The number of hydrogen-bond donors (Lipinski definition) is 0. The van der Waals surface area contributed by atoms with Gasteiger partial charge in [-0.25, -0.2) is 0 Å². The van der Waals surface area contributed by atoms with Gasteiger partial charge in [0.25, 0.3) is 0 Å². The molecule has 0 aromatic heterocycles. The summed E-state index contributed by atoms with van der Waals surface area (Å²) in [4.78, 5) is 9.28. The van der Waals surface area contributed by atoms with Crippen LogP contribution in [0.2, 0.25) is 0 Å². The molecule has 22 heavy (non-hydrogen) atoms. The van der Waals surface area contributed by atoms with E-state index in [2.05, 4.69) is 61.1 Å². The van der Waals surface area contributed by atoms with Crippen molar-refractivity contribution in [3.8, 4) is 0 Å². The Balaban J connectivity index is 1.95. The smallest absolute Gasteiger partial charge is 0.0990 e. The van der Waals surface area contributed by atoms with Gasteiger partial charge in [-0.1, -0.05) is 19.1 Å². The zero-order valence-corrected chi connectivity index (χ0v) is 14.5. The molecule has 0 saturated carbocycles. The van der Waals surface area contributed by atoms with E-state index in [0.29, 0.717) is 12.2 Å². The molecule has 0 aromatic rings. The molecule has 3 atom stereocenters. The number of methoxy groups -OCH3 is 1. The molecule has 0 aliphatic carbocycles. The van der Waals surface area contributed by atoms with Crippen LogP contribution in [0.25, 0.3) is 0 Å². The lowest BCUT2D eigenvalue weighted by molar-refractivity contribution is 0.148. The van der Waals surface area contributed by atoms with Crippen molar-refractivity contribution in [2.45, 2.75) is 51.4 Å². The molecule has 0 aromatic carbocycles. The van der Waals surface area contributed by atoms with Crippen LogP contribution >= 0.6 is 0 Å². The minimum absolute atomic E-state index is 0.176. The summed E-state index contributed by atoms with van der Waals surface area (Å²) in [6.07, 6.45) is 14.8. The predicted octanol–water partition coefficient (Wildman–Crippen LogP) is 3.19. The lowest BCUT2D eigenvalue weighted by Crippen LogP contribution is -2.53. The molecular formula is C18H29N3O. The van der Waals surface area contributed by atoms with E-state index in [0.717, 1.165) is 19.4 Å². The van der Waals surface area contributed by atoms with Gasteiger partial charge in [0.05, 0.1) is 31.1 Å². The number of rotatable bonds is 7. The van der Waals surface area contributed by atoms with E-state index in [1.165, 1.54) is 5.57 Å². The molecule has 2 aliphatic rings. The highest BCUT2D eigenvalue weighted by atomic mass is 16.5. The van der Waals surface area contributed by atoms with Crippen LogP contribution < -0.4 is 0 Å². The lowest BCUT2D eigenvalue weighted by atomic mass is 9.78.